The number of halogens is 2. The van der Waals surface area contributed by atoms with Gasteiger partial charge in [0, 0.05) is 26.9 Å². The summed E-state index contributed by atoms with van der Waals surface area (Å²) < 4.78 is 0. The molecule has 0 aliphatic rings. The van der Waals surface area contributed by atoms with Gasteiger partial charge in [-0.3, -0.25) is 0 Å². The van der Waals surface area contributed by atoms with Gasteiger partial charge in [-0.2, -0.15) is 0 Å². The Morgan fingerprint density at radius 2 is 1.63 bits per heavy atom. The quantitative estimate of drug-likeness (QED) is 0.362. The number of para-hydroxylation sites is 1. The van der Waals surface area contributed by atoms with Crippen molar-refractivity contribution in [1.82, 2.24) is 4.98 Å². The third-order valence-electron chi connectivity index (χ3n) is 4.60. The van der Waals surface area contributed by atoms with Crippen molar-refractivity contribution in [2.75, 3.05) is 5.33 Å². The summed E-state index contributed by atoms with van der Waals surface area (Å²) in [5.74, 6) is 0. The lowest BCUT2D eigenvalue weighted by molar-refractivity contribution is 0.207. The highest BCUT2D eigenvalue weighted by atomic mass is 79.9. The SMILES string of the molecule is OC(CBr)c1cc(-c2ccc(Cl)cc2)nc2c(-c3ccccc3)cccc12. The Morgan fingerprint density at radius 3 is 2.33 bits per heavy atom. The third kappa shape index (κ3) is 3.63. The highest BCUT2D eigenvalue weighted by molar-refractivity contribution is 9.09. The van der Waals surface area contributed by atoms with E-state index < -0.39 is 6.10 Å². The van der Waals surface area contributed by atoms with Crippen LogP contribution in [0.5, 0.6) is 0 Å². The fraction of sp³-hybridized carbons (Fsp3) is 0.0870. The number of rotatable bonds is 4. The second kappa shape index (κ2) is 7.81. The van der Waals surface area contributed by atoms with Gasteiger partial charge in [0.15, 0.2) is 0 Å². The molecule has 4 heteroatoms. The van der Waals surface area contributed by atoms with Crippen LogP contribution in [0, 0.1) is 0 Å². The lowest BCUT2D eigenvalue weighted by atomic mass is 9.96. The minimum Gasteiger partial charge on any atom is -0.388 e. The van der Waals surface area contributed by atoms with Crippen molar-refractivity contribution in [2.24, 2.45) is 0 Å². The van der Waals surface area contributed by atoms with Gasteiger partial charge in [-0.05, 0) is 29.3 Å². The summed E-state index contributed by atoms with van der Waals surface area (Å²) in [6, 6.07) is 25.9. The largest absolute Gasteiger partial charge is 0.388 e. The van der Waals surface area contributed by atoms with Gasteiger partial charge in [-0.1, -0.05) is 88.2 Å². The van der Waals surface area contributed by atoms with Crippen molar-refractivity contribution in [3.8, 4) is 22.4 Å². The highest BCUT2D eigenvalue weighted by Crippen LogP contribution is 2.35. The Labute approximate surface area is 171 Å². The predicted octanol–water partition coefficient (Wildman–Crippen LogP) is 6.65. The van der Waals surface area contributed by atoms with Gasteiger partial charge in [0.05, 0.1) is 17.3 Å². The van der Waals surface area contributed by atoms with Crippen LogP contribution in [0.3, 0.4) is 0 Å². The van der Waals surface area contributed by atoms with Crippen LogP contribution < -0.4 is 0 Å². The number of aliphatic hydroxyl groups is 1. The van der Waals surface area contributed by atoms with E-state index in [1.54, 1.807) is 0 Å². The van der Waals surface area contributed by atoms with Crippen LogP contribution in [-0.2, 0) is 0 Å². The van der Waals surface area contributed by atoms with Crippen LogP contribution in [0.15, 0.2) is 78.9 Å². The molecule has 0 aliphatic carbocycles. The molecule has 0 bridgehead atoms. The number of hydrogen-bond acceptors (Lipinski definition) is 2. The van der Waals surface area contributed by atoms with Gasteiger partial charge in [0.1, 0.15) is 0 Å². The highest BCUT2D eigenvalue weighted by Gasteiger charge is 2.16. The van der Waals surface area contributed by atoms with Crippen molar-refractivity contribution in [1.29, 1.82) is 0 Å². The van der Waals surface area contributed by atoms with Crippen LogP contribution in [0.2, 0.25) is 5.02 Å². The number of nitrogens with zero attached hydrogens (tertiary/aromatic N) is 1. The molecule has 4 rings (SSSR count). The fourth-order valence-electron chi connectivity index (χ4n) is 3.25. The number of pyridine rings is 1. The van der Waals surface area contributed by atoms with E-state index in [4.69, 9.17) is 16.6 Å². The zero-order chi connectivity index (χ0) is 18.8. The van der Waals surface area contributed by atoms with E-state index in [0.29, 0.717) is 10.4 Å². The molecule has 1 N–H and O–H groups in total. The molecule has 0 aliphatic heterocycles. The molecular weight excluding hydrogens is 422 g/mol. The Kier molecular flexibility index (Phi) is 5.26. The van der Waals surface area contributed by atoms with E-state index in [2.05, 4.69) is 34.1 Å². The molecule has 0 amide bonds. The Hall–Kier alpha value is -2.20. The van der Waals surface area contributed by atoms with Crippen molar-refractivity contribution in [3.63, 3.8) is 0 Å². The molecule has 0 fully saturated rings. The van der Waals surface area contributed by atoms with Gasteiger partial charge in [-0.25, -0.2) is 4.98 Å². The molecule has 1 atom stereocenters. The van der Waals surface area contributed by atoms with Crippen LogP contribution >= 0.6 is 27.5 Å². The first-order valence-corrected chi connectivity index (χ1v) is 10.2. The maximum atomic E-state index is 10.6. The van der Waals surface area contributed by atoms with Gasteiger partial charge >= 0.3 is 0 Å². The Balaban J connectivity index is 2.02. The average Bonchev–Trinajstić information content (AvgIpc) is 2.73. The number of alkyl halides is 1. The molecule has 1 unspecified atom stereocenters. The molecule has 0 spiro atoms. The molecular formula is C23H17BrClNO. The molecule has 4 aromatic rings. The summed E-state index contributed by atoms with van der Waals surface area (Å²) in [5, 5.41) is 12.7. The molecule has 1 heterocycles. The van der Waals surface area contributed by atoms with Crippen LogP contribution in [0.4, 0.5) is 0 Å². The molecule has 3 aromatic carbocycles. The monoisotopic (exact) mass is 437 g/mol. The lowest BCUT2D eigenvalue weighted by Gasteiger charge is -2.16. The number of hydrogen-bond donors (Lipinski definition) is 1. The first-order valence-electron chi connectivity index (χ1n) is 8.66. The molecule has 0 saturated heterocycles. The van der Waals surface area contributed by atoms with E-state index in [-0.39, 0.29) is 0 Å². The maximum Gasteiger partial charge on any atom is 0.0894 e. The predicted molar refractivity (Wildman–Crippen MR) is 116 cm³/mol. The van der Waals surface area contributed by atoms with Crippen molar-refractivity contribution < 1.29 is 5.11 Å². The normalized spacial score (nSPS) is 12.3. The third-order valence-corrected chi connectivity index (χ3v) is 5.47. The summed E-state index contributed by atoms with van der Waals surface area (Å²) in [6.07, 6.45) is -0.618. The number of aromatic nitrogens is 1. The van der Waals surface area contributed by atoms with Crippen LogP contribution in [0.25, 0.3) is 33.3 Å². The van der Waals surface area contributed by atoms with Crippen molar-refractivity contribution in [2.45, 2.75) is 6.10 Å². The van der Waals surface area contributed by atoms with Crippen LogP contribution in [0.1, 0.15) is 11.7 Å². The van der Waals surface area contributed by atoms with Gasteiger partial charge in [-0.15, -0.1) is 0 Å². The zero-order valence-corrected chi connectivity index (χ0v) is 16.8. The summed E-state index contributed by atoms with van der Waals surface area (Å²) in [6.45, 7) is 0. The lowest BCUT2D eigenvalue weighted by Crippen LogP contribution is -2.02. The first kappa shape index (κ1) is 18.2. The maximum absolute atomic E-state index is 10.6. The number of fused-ring (bicyclic) bond motifs is 1. The topological polar surface area (TPSA) is 33.1 Å². The summed E-state index contributed by atoms with van der Waals surface area (Å²) in [5.41, 5.74) is 5.67. The Bertz CT molecular complexity index is 1080. The fourth-order valence-corrected chi connectivity index (χ4v) is 3.73. The van der Waals surface area contributed by atoms with Crippen molar-refractivity contribution >= 4 is 38.4 Å². The minimum absolute atomic E-state index is 0.460. The van der Waals surface area contributed by atoms with Crippen molar-refractivity contribution in [3.05, 3.63) is 89.4 Å². The standard InChI is InChI=1S/C23H17BrClNO/c24-14-22(27)20-13-21(16-9-11-17(25)12-10-16)26-23-18(7-4-8-19(20)23)15-5-2-1-3-6-15/h1-13,22,27H,14H2. The summed E-state index contributed by atoms with van der Waals surface area (Å²) in [4.78, 5) is 4.96. The minimum atomic E-state index is -0.618. The molecule has 0 radical (unpaired) electrons. The van der Waals surface area contributed by atoms with E-state index in [1.165, 1.54) is 0 Å². The molecule has 27 heavy (non-hydrogen) atoms. The summed E-state index contributed by atoms with van der Waals surface area (Å²) >= 11 is 9.44. The molecule has 0 saturated carbocycles. The second-order valence-electron chi connectivity index (χ2n) is 6.34. The van der Waals surface area contributed by atoms with E-state index in [1.807, 2.05) is 60.7 Å². The van der Waals surface area contributed by atoms with Gasteiger partial charge in [0.2, 0.25) is 0 Å². The molecule has 2 nitrogen and oxygen atoms in total. The average molecular weight is 439 g/mol. The summed E-state index contributed by atoms with van der Waals surface area (Å²) in [7, 11) is 0. The zero-order valence-electron chi connectivity index (χ0n) is 14.4. The second-order valence-corrected chi connectivity index (χ2v) is 7.43. The van der Waals surface area contributed by atoms with E-state index in [9.17, 15) is 5.11 Å². The number of benzene rings is 3. The Morgan fingerprint density at radius 1 is 0.889 bits per heavy atom. The molecule has 134 valence electrons. The van der Waals surface area contributed by atoms with Gasteiger partial charge < -0.3 is 5.11 Å². The van der Waals surface area contributed by atoms with Gasteiger partial charge in [0.25, 0.3) is 0 Å². The first-order chi connectivity index (χ1) is 13.2. The van der Waals surface area contributed by atoms with Crippen LogP contribution in [-0.4, -0.2) is 15.4 Å². The molecule has 1 aromatic heterocycles. The number of aliphatic hydroxyl groups excluding tert-OH is 1. The van der Waals surface area contributed by atoms with E-state index in [0.717, 1.165) is 38.9 Å². The smallest absolute Gasteiger partial charge is 0.0894 e. The van der Waals surface area contributed by atoms with E-state index >= 15 is 0 Å².